The molecule has 0 aliphatic carbocycles. The Hall–Kier alpha value is -1.96. The van der Waals surface area contributed by atoms with E-state index >= 15 is 0 Å². The van der Waals surface area contributed by atoms with Gasteiger partial charge in [-0.1, -0.05) is 31.4 Å². The van der Waals surface area contributed by atoms with Crippen LogP contribution in [0.3, 0.4) is 0 Å². The van der Waals surface area contributed by atoms with Crippen LogP contribution in [-0.4, -0.2) is 64.9 Å². The van der Waals surface area contributed by atoms with Crippen molar-refractivity contribution in [3.8, 4) is 0 Å². The van der Waals surface area contributed by atoms with Crippen LogP contribution in [0.15, 0.2) is 37.0 Å². The van der Waals surface area contributed by atoms with Gasteiger partial charge in [-0.25, -0.2) is 4.79 Å². The van der Waals surface area contributed by atoms with Gasteiger partial charge in [-0.15, -0.1) is 0 Å². The number of aliphatic hydroxyl groups is 2. The van der Waals surface area contributed by atoms with Crippen LogP contribution >= 0.6 is 0 Å². The number of carbonyl (C=O) groups excluding carboxylic acids is 2. The number of ether oxygens (including phenoxy) is 1. The number of hydrogen-bond donors (Lipinski definition) is 3. The molecule has 7 heteroatoms. The second-order valence-corrected chi connectivity index (χ2v) is 6.44. The molecule has 0 spiro atoms. The molecule has 146 valence electrons. The van der Waals surface area contributed by atoms with Gasteiger partial charge >= 0.3 is 5.97 Å². The van der Waals surface area contributed by atoms with Crippen molar-refractivity contribution in [2.24, 2.45) is 5.73 Å². The Morgan fingerprint density at radius 1 is 1.27 bits per heavy atom. The number of esters is 1. The van der Waals surface area contributed by atoms with Gasteiger partial charge in [0, 0.05) is 32.5 Å². The highest BCUT2D eigenvalue weighted by atomic mass is 16.5. The van der Waals surface area contributed by atoms with Gasteiger partial charge in [0.25, 0.3) is 0 Å². The van der Waals surface area contributed by atoms with Crippen molar-refractivity contribution in [3.63, 3.8) is 0 Å². The first-order valence-corrected chi connectivity index (χ1v) is 8.87. The Bertz CT molecular complexity index is 536. The van der Waals surface area contributed by atoms with Crippen LogP contribution in [0.2, 0.25) is 0 Å². The third-order valence-electron chi connectivity index (χ3n) is 4.49. The Morgan fingerprint density at radius 2 is 1.92 bits per heavy atom. The molecule has 26 heavy (non-hydrogen) atoms. The van der Waals surface area contributed by atoms with Gasteiger partial charge in [-0.2, -0.15) is 0 Å². The van der Waals surface area contributed by atoms with E-state index in [1.54, 1.807) is 23.1 Å². The maximum Gasteiger partial charge on any atom is 0.338 e. The average molecular weight is 366 g/mol. The fraction of sp³-hybridized carbons (Fsp3) is 0.579. The van der Waals surface area contributed by atoms with Gasteiger partial charge in [0.1, 0.15) is 6.61 Å². The standard InChI is InChI=1S/C19H30N2O5/c1-3-7-15(4-2)14-26-18(24)19(25)9-11-21(12-10-19)17(23)16(20)8-5-6-13-22/h3-4,7,16,22,25H,1-2,5-6,8-14,20H2/b15-7+. The fourth-order valence-electron chi connectivity index (χ4n) is 2.74. The maximum absolute atomic E-state index is 12.3. The summed E-state index contributed by atoms with van der Waals surface area (Å²) < 4.78 is 5.17. The summed E-state index contributed by atoms with van der Waals surface area (Å²) in [4.78, 5) is 26.1. The molecule has 1 aliphatic heterocycles. The van der Waals surface area contributed by atoms with Crippen LogP contribution in [0.4, 0.5) is 0 Å². The Morgan fingerprint density at radius 3 is 2.46 bits per heavy atom. The van der Waals surface area contributed by atoms with Crippen molar-refractivity contribution in [2.45, 2.75) is 43.7 Å². The monoisotopic (exact) mass is 366 g/mol. The summed E-state index contributed by atoms with van der Waals surface area (Å²) in [5, 5.41) is 19.3. The predicted octanol–water partition coefficient (Wildman–Crippen LogP) is 0.671. The first-order valence-electron chi connectivity index (χ1n) is 8.87. The zero-order valence-electron chi connectivity index (χ0n) is 15.2. The molecule has 1 rings (SSSR count). The summed E-state index contributed by atoms with van der Waals surface area (Å²) >= 11 is 0. The molecule has 1 fully saturated rings. The number of rotatable bonds is 10. The number of hydrogen-bond acceptors (Lipinski definition) is 6. The number of aliphatic hydroxyl groups excluding tert-OH is 1. The number of nitrogens with two attached hydrogens (primary N) is 1. The summed E-state index contributed by atoms with van der Waals surface area (Å²) in [5.74, 6) is -0.894. The van der Waals surface area contributed by atoms with Gasteiger partial charge in [0.15, 0.2) is 5.60 Å². The van der Waals surface area contributed by atoms with Crippen molar-refractivity contribution in [2.75, 3.05) is 26.3 Å². The van der Waals surface area contributed by atoms with Crippen LogP contribution in [0.25, 0.3) is 0 Å². The lowest BCUT2D eigenvalue weighted by atomic mass is 9.91. The topological polar surface area (TPSA) is 113 Å². The minimum atomic E-state index is -1.60. The molecule has 1 unspecified atom stereocenters. The van der Waals surface area contributed by atoms with Crippen molar-refractivity contribution < 1.29 is 24.5 Å². The molecule has 1 heterocycles. The molecule has 0 saturated carbocycles. The van der Waals surface area contributed by atoms with Crippen molar-refractivity contribution in [1.82, 2.24) is 4.90 Å². The Balaban J connectivity index is 2.50. The predicted molar refractivity (Wildman–Crippen MR) is 99.1 cm³/mol. The second kappa shape index (κ2) is 10.9. The van der Waals surface area contributed by atoms with Crippen molar-refractivity contribution >= 4 is 11.9 Å². The minimum absolute atomic E-state index is 0.00897. The number of carbonyl (C=O) groups is 2. The number of allylic oxidation sites excluding steroid dienone is 2. The summed E-state index contributed by atoms with van der Waals surface area (Å²) in [6, 6.07) is -0.626. The normalized spacial score (nSPS) is 18.1. The SMILES string of the molecule is C=C/C=C(\C=C)COC(=O)C1(O)CCN(C(=O)C(N)CCCCO)CC1. The van der Waals surface area contributed by atoms with Crippen molar-refractivity contribution in [3.05, 3.63) is 37.0 Å². The van der Waals surface area contributed by atoms with E-state index in [4.69, 9.17) is 15.6 Å². The molecule has 1 saturated heterocycles. The van der Waals surface area contributed by atoms with Crippen molar-refractivity contribution in [1.29, 1.82) is 0 Å². The molecule has 0 aromatic rings. The van der Waals surface area contributed by atoms with E-state index in [9.17, 15) is 14.7 Å². The zero-order chi connectivity index (χ0) is 19.6. The van der Waals surface area contributed by atoms with Crippen LogP contribution in [0.1, 0.15) is 32.1 Å². The fourth-order valence-corrected chi connectivity index (χ4v) is 2.74. The summed E-state index contributed by atoms with van der Waals surface area (Å²) in [7, 11) is 0. The quantitative estimate of drug-likeness (QED) is 0.298. The highest BCUT2D eigenvalue weighted by Gasteiger charge is 2.42. The third kappa shape index (κ3) is 6.40. The largest absolute Gasteiger partial charge is 0.459 e. The van der Waals surface area contributed by atoms with Gasteiger partial charge in [0.05, 0.1) is 6.04 Å². The van der Waals surface area contributed by atoms with Crippen LogP contribution < -0.4 is 5.73 Å². The smallest absolute Gasteiger partial charge is 0.338 e. The molecule has 1 atom stereocenters. The lowest BCUT2D eigenvalue weighted by Gasteiger charge is -2.37. The average Bonchev–Trinajstić information content (AvgIpc) is 2.64. The van der Waals surface area contributed by atoms with E-state index in [1.165, 1.54) is 0 Å². The molecule has 4 N–H and O–H groups in total. The van der Waals surface area contributed by atoms with E-state index in [1.807, 2.05) is 0 Å². The van der Waals surface area contributed by atoms with Crippen LogP contribution in [-0.2, 0) is 14.3 Å². The highest BCUT2D eigenvalue weighted by Crippen LogP contribution is 2.24. The number of likely N-dealkylation sites (tertiary alicyclic amines) is 1. The number of amides is 1. The molecular weight excluding hydrogens is 336 g/mol. The highest BCUT2D eigenvalue weighted by molar-refractivity contribution is 5.83. The van der Waals surface area contributed by atoms with E-state index in [0.717, 1.165) is 0 Å². The number of piperidine rings is 1. The van der Waals surface area contributed by atoms with Crippen LogP contribution in [0.5, 0.6) is 0 Å². The van der Waals surface area contributed by atoms with E-state index in [0.29, 0.717) is 24.8 Å². The van der Waals surface area contributed by atoms with E-state index in [2.05, 4.69) is 13.2 Å². The molecule has 0 radical (unpaired) electrons. The molecule has 0 bridgehead atoms. The van der Waals surface area contributed by atoms with Gasteiger partial charge in [0.2, 0.25) is 5.91 Å². The minimum Gasteiger partial charge on any atom is -0.459 e. The van der Waals surface area contributed by atoms with Gasteiger partial charge < -0.3 is 25.6 Å². The summed E-state index contributed by atoms with van der Waals surface area (Å²) in [5.41, 5.74) is 4.97. The molecule has 0 aromatic carbocycles. The van der Waals surface area contributed by atoms with Gasteiger partial charge in [-0.3, -0.25) is 4.79 Å². The zero-order valence-corrected chi connectivity index (χ0v) is 15.2. The number of unbranched alkanes of at least 4 members (excludes halogenated alkanes) is 1. The second-order valence-electron chi connectivity index (χ2n) is 6.44. The molecule has 1 aliphatic rings. The van der Waals surface area contributed by atoms with E-state index < -0.39 is 17.6 Å². The summed E-state index contributed by atoms with van der Waals surface area (Å²) in [6.07, 6.45) is 6.79. The third-order valence-corrected chi connectivity index (χ3v) is 4.49. The first-order chi connectivity index (χ1) is 12.4. The van der Waals surface area contributed by atoms with E-state index in [-0.39, 0.29) is 45.1 Å². The van der Waals surface area contributed by atoms with Gasteiger partial charge in [-0.05, 0) is 24.8 Å². The molecule has 0 aromatic heterocycles. The summed E-state index contributed by atoms with van der Waals surface area (Å²) in [6.45, 7) is 7.77. The maximum atomic E-state index is 12.3. The first kappa shape index (κ1) is 22.1. The molecular formula is C19H30N2O5. The number of nitrogens with zero attached hydrogens (tertiary/aromatic N) is 1. The lowest BCUT2D eigenvalue weighted by molar-refractivity contribution is -0.171. The van der Waals surface area contributed by atoms with Crippen LogP contribution in [0, 0.1) is 0 Å². The Labute approximate surface area is 154 Å². The molecule has 7 nitrogen and oxygen atoms in total. The molecule has 1 amide bonds. The lowest BCUT2D eigenvalue weighted by Crippen LogP contribution is -2.54. The Kier molecular flexibility index (Phi) is 9.26.